The van der Waals surface area contributed by atoms with Crippen LogP contribution in [0.2, 0.25) is 0 Å². The van der Waals surface area contributed by atoms with Gasteiger partial charge in [-0.2, -0.15) is 21.6 Å². The molecule has 3 heterocycles. The lowest BCUT2D eigenvalue weighted by Crippen LogP contribution is -2.28. The average molecular weight is 348 g/mol. The van der Waals surface area contributed by atoms with Crippen LogP contribution < -0.4 is 9.50 Å². The van der Waals surface area contributed by atoms with E-state index in [4.69, 9.17) is 0 Å². The first-order valence-electron chi connectivity index (χ1n) is 6.03. The molecule has 0 saturated carbocycles. The maximum absolute atomic E-state index is 12.3. The second kappa shape index (κ2) is 5.03. The van der Waals surface area contributed by atoms with Crippen LogP contribution in [0.3, 0.4) is 0 Å². The number of aryl methyl sites for hydroxylation is 1. The van der Waals surface area contributed by atoms with Gasteiger partial charge in [-0.3, -0.25) is 4.68 Å². The molecule has 1 atom stereocenters. The summed E-state index contributed by atoms with van der Waals surface area (Å²) < 4.78 is 64.3. The quantitative estimate of drug-likeness (QED) is 0.642. The van der Waals surface area contributed by atoms with Gasteiger partial charge in [-0.05, 0) is 19.4 Å². The Hall–Kier alpha value is -1.00. The fraction of sp³-hybridized carbons (Fsp3) is 0.700. The van der Waals surface area contributed by atoms with E-state index in [1.165, 1.54) is 10.7 Å². The van der Waals surface area contributed by atoms with Gasteiger partial charge in [0.2, 0.25) is 0 Å². The molecular weight excluding hydrogens is 335 g/mol. The fourth-order valence-electron chi connectivity index (χ4n) is 2.81. The first kappa shape index (κ1) is 16.4. The van der Waals surface area contributed by atoms with Crippen LogP contribution >= 0.6 is 12.4 Å². The van der Waals surface area contributed by atoms with E-state index < -0.39 is 21.5 Å². The molecule has 120 valence electrons. The molecule has 0 aromatic carbocycles. The minimum atomic E-state index is -5.66. The third kappa shape index (κ3) is 2.59. The lowest BCUT2D eigenvalue weighted by atomic mass is 9.83. The summed E-state index contributed by atoms with van der Waals surface area (Å²) in [6.07, 6.45) is 1.69. The molecule has 2 aliphatic rings. The summed E-state index contributed by atoms with van der Waals surface area (Å²) in [5.74, 6) is -0.525. The van der Waals surface area contributed by atoms with E-state index in [1.807, 2.05) is 0 Å². The zero-order valence-electron chi connectivity index (χ0n) is 10.7. The largest absolute Gasteiger partial charge is 0.534 e. The Kier molecular flexibility index (Phi) is 3.92. The highest BCUT2D eigenvalue weighted by Crippen LogP contribution is 2.41. The van der Waals surface area contributed by atoms with Crippen molar-refractivity contribution in [2.75, 3.05) is 13.1 Å². The Morgan fingerprint density at radius 1 is 1.38 bits per heavy atom. The number of rotatable bonds is 2. The number of nitrogens with one attached hydrogen (secondary N) is 1. The highest BCUT2D eigenvalue weighted by atomic mass is 35.5. The summed E-state index contributed by atoms with van der Waals surface area (Å²) in [6.45, 7) is 2.08. The number of nitrogens with zero attached hydrogens (tertiary/aromatic N) is 2. The Morgan fingerprint density at radius 2 is 2.10 bits per heavy atom. The van der Waals surface area contributed by atoms with Crippen LogP contribution in [0.4, 0.5) is 13.2 Å². The van der Waals surface area contributed by atoms with E-state index in [-0.39, 0.29) is 17.8 Å². The van der Waals surface area contributed by atoms with Crippen molar-refractivity contribution in [1.29, 1.82) is 0 Å². The van der Waals surface area contributed by atoms with Gasteiger partial charge in [0.1, 0.15) is 0 Å². The smallest absolute Gasteiger partial charge is 0.354 e. The van der Waals surface area contributed by atoms with Crippen molar-refractivity contribution >= 4 is 22.5 Å². The minimum Gasteiger partial charge on any atom is -0.354 e. The topological polar surface area (TPSA) is 73.2 Å². The molecule has 0 bridgehead atoms. The lowest BCUT2D eigenvalue weighted by Gasteiger charge is -2.19. The lowest BCUT2D eigenvalue weighted by molar-refractivity contribution is -0.0501. The number of halogens is 4. The van der Waals surface area contributed by atoms with Crippen molar-refractivity contribution in [3.8, 4) is 5.88 Å². The standard InChI is InChI=1S/C10H12F3N3O3S.ClH/c11-10(12,13)20(17,18)19-8-5-7-9(1-3-14-6-9)2-4-16(7)15-8;/h5,14H,1-4,6H2;1H/t9-;/m1./s1. The first-order valence-corrected chi connectivity index (χ1v) is 7.44. The molecular formula is C10H13ClF3N3O3S. The Bertz CT molecular complexity index is 638. The molecule has 1 aromatic rings. The molecule has 1 spiro atoms. The molecule has 2 aliphatic heterocycles. The highest BCUT2D eigenvalue weighted by Gasteiger charge is 2.50. The molecule has 3 rings (SSSR count). The second-order valence-corrected chi connectivity index (χ2v) is 6.57. The van der Waals surface area contributed by atoms with E-state index in [0.29, 0.717) is 13.1 Å². The normalized spacial score (nSPS) is 24.9. The van der Waals surface area contributed by atoms with Crippen LogP contribution in [0.5, 0.6) is 5.88 Å². The van der Waals surface area contributed by atoms with Gasteiger partial charge in [0, 0.05) is 30.3 Å². The van der Waals surface area contributed by atoms with Crippen LogP contribution in [0.15, 0.2) is 6.07 Å². The zero-order chi connectivity index (χ0) is 14.6. The number of alkyl halides is 3. The van der Waals surface area contributed by atoms with Gasteiger partial charge in [-0.25, -0.2) is 0 Å². The number of fused-ring (bicyclic) bond motifs is 2. The fourth-order valence-corrected chi connectivity index (χ4v) is 3.22. The summed E-state index contributed by atoms with van der Waals surface area (Å²) in [7, 11) is -5.66. The first-order chi connectivity index (χ1) is 9.24. The van der Waals surface area contributed by atoms with Gasteiger partial charge in [0.15, 0.2) is 0 Å². The minimum absolute atomic E-state index is 0. The molecule has 21 heavy (non-hydrogen) atoms. The van der Waals surface area contributed by atoms with Crippen LogP contribution in [-0.4, -0.2) is 36.8 Å². The van der Waals surface area contributed by atoms with E-state index in [2.05, 4.69) is 14.6 Å². The molecule has 0 aliphatic carbocycles. The predicted molar refractivity (Wildman–Crippen MR) is 68.9 cm³/mol. The van der Waals surface area contributed by atoms with Crippen molar-refractivity contribution in [2.45, 2.75) is 30.3 Å². The van der Waals surface area contributed by atoms with Crippen LogP contribution in [0.25, 0.3) is 0 Å². The molecule has 0 amide bonds. The number of hydrogen-bond acceptors (Lipinski definition) is 5. The van der Waals surface area contributed by atoms with Gasteiger partial charge in [-0.1, -0.05) is 0 Å². The van der Waals surface area contributed by atoms with Crippen LogP contribution in [0.1, 0.15) is 18.5 Å². The SMILES string of the molecule is Cl.O=S(=O)(Oc1cc2n(n1)CC[C@@]21CCNC1)C(F)(F)F. The second-order valence-electron chi connectivity index (χ2n) is 5.03. The molecule has 6 nitrogen and oxygen atoms in total. The number of aromatic nitrogens is 2. The van der Waals surface area contributed by atoms with Gasteiger partial charge in [0.25, 0.3) is 5.88 Å². The highest BCUT2D eigenvalue weighted by molar-refractivity contribution is 7.87. The monoisotopic (exact) mass is 347 g/mol. The van der Waals surface area contributed by atoms with E-state index in [0.717, 1.165) is 25.1 Å². The van der Waals surface area contributed by atoms with E-state index >= 15 is 0 Å². The zero-order valence-corrected chi connectivity index (χ0v) is 12.3. The molecule has 1 N–H and O–H groups in total. The van der Waals surface area contributed by atoms with E-state index in [1.54, 1.807) is 0 Å². The van der Waals surface area contributed by atoms with Crippen molar-refractivity contribution in [1.82, 2.24) is 15.1 Å². The molecule has 1 fully saturated rings. The summed E-state index contributed by atoms with van der Waals surface area (Å²) in [5.41, 5.74) is -4.89. The maximum atomic E-state index is 12.3. The summed E-state index contributed by atoms with van der Waals surface area (Å²) in [4.78, 5) is 0. The van der Waals surface area contributed by atoms with E-state index in [9.17, 15) is 21.6 Å². The molecule has 0 radical (unpaired) electrons. The molecule has 0 unspecified atom stereocenters. The molecule has 1 aromatic heterocycles. The molecule has 11 heteroatoms. The van der Waals surface area contributed by atoms with Gasteiger partial charge in [-0.15, -0.1) is 17.5 Å². The van der Waals surface area contributed by atoms with Gasteiger partial charge >= 0.3 is 15.6 Å². The van der Waals surface area contributed by atoms with Gasteiger partial charge < -0.3 is 9.50 Å². The van der Waals surface area contributed by atoms with Crippen molar-refractivity contribution in [3.63, 3.8) is 0 Å². The predicted octanol–water partition coefficient (Wildman–Crippen LogP) is 1.17. The Labute approximate surface area is 125 Å². The Balaban J connectivity index is 0.00000161. The number of hydrogen-bond donors (Lipinski definition) is 1. The Morgan fingerprint density at radius 3 is 2.67 bits per heavy atom. The van der Waals surface area contributed by atoms with Crippen LogP contribution in [-0.2, 0) is 22.1 Å². The summed E-state index contributed by atoms with van der Waals surface area (Å²) in [6, 6.07) is 1.29. The van der Waals surface area contributed by atoms with Crippen molar-refractivity contribution < 1.29 is 25.8 Å². The average Bonchev–Trinajstić information content (AvgIpc) is 2.97. The van der Waals surface area contributed by atoms with Gasteiger partial charge in [0.05, 0.1) is 0 Å². The third-order valence-corrected chi connectivity index (χ3v) is 4.78. The van der Waals surface area contributed by atoms with Crippen LogP contribution in [0, 0.1) is 0 Å². The van der Waals surface area contributed by atoms with Crippen molar-refractivity contribution in [2.24, 2.45) is 0 Å². The summed E-state index contributed by atoms with van der Waals surface area (Å²) >= 11 is 0. The maximum Gasteiger partial charge on any atom is 0.534 e. The van der Waals surface area contributed by atoms with Crippen molar-refractivity contribution in [3.05, 3.63) is 11.8 Å². The summed E-state index contributed by atoms with van der Waals surface area (Å²) in [5, 5.41) is 6.99. The molecule has 1 saturated heterocycles. The third-order valence-electron chi connectivity index (χ3n) is 3.83.